The first-order valence-electron chi connectivity index (χ1n) is 7.27. The number of nitro benzene ring substituents is 1. The van der Waals surface area contributed by atoms with Gasteiger partial charge in [-0.05, 0) is 42.0 Å². The Labute approximate surface area is 158 Å². The quantitative estimate of drug-likeness (QED) is 0.446. The summed E-state index contributed by atoms with van der Waals surface area (Å²) in [5.41, 5.74) is 0.997. The standard InChI is InChI=1S/C17H11Cl2N3O4/c1-25-12-5-3-11(4-6-12)16-20-17(26-21-16)14(19)8-10-2-7-13(18)15(9-10)22(23)24/h2-9H,1H3/b14-8-. The van der Waals surface area contributed by atoms with Gasteiger partial charge in [0.15, 0.2) is 0 Å². The third kappa shape index (κ3) is 3.84. The lowest BCUT2D eigenvalue weighted by Crippen LogP contribution is -1.89. The predicted octanol–water partition coefficient (Wildman–Crippen LogP) is 5.04. The number of nitro groups is 1. The van der Waals surface area contributed by atoms with Crippen LogP contribution in [0.3, 0.4) is 0 Å². The van der Waals surface area contributed by atoms with Crippen molar-refractivity contribution in [3.63, 3.8) is 0 Å². The van der Waals surface area contributed by atoms with Crippen LogP contribution in [-0.2, 0) is 0 Å². The van der Waals surface area contributed by atoms with Crippen LogP contribution in [0.15, 0.2) is 47.0 Å². The molecule has 0 fully saturated rings. The minimum atomic E-state index is -0.567. The minimum Gasteiger partial charge on any atom is -0.497 e. The molecule has 7 nitrogen and oxygen atoms in total. The second-order valence-electron chi connectivity index (χ2n) is 5.11. The molecule has 0 aliphatic rings. The van der Waals surface area contributed by atoms with Crippen molar-refractivity contribution in [2.45, 2.75) is 0 Å². The van der Waals surface area contributed by atoms with Gasteiger partial charge in [-0.2, -0.15) is 4.98 Å². The van der Waals surface area contributed by atoms with Gasteiger partial charge in [-0.25, -0.2) is 0 Å². The molecule has 2 aromatic carbocycles. The van der Waals surface area contributed by atoms with Crippen molar-refractivity contribution >= 4 is 40.0 Å². The fourth-order valence-corrected chi connectivity index (χ4v) is 2.53. The Morgan fingerprint density at radius 3 is 2.65 bits per heavy atom. The Hall–Kier alpha value is -2.90. The van der Waals surface area contributed by atoms with Crippen LogP contribution in [0, 0.1) is 10.1 Å². The Kier molecular flexibility index (Phi) is 5.20. The van der Waals surface area contributed by atoms with Crippen LogP contribution in [0.2, 0.25) is 5.02 Å². The third-order valence-corrected chi connectivity index (χ3v) is 4.03. The van der Waals surface area contributed by atoms with Crippen molar-refractivity contribution < 1.29 is 14.2 Å². The normalized spacial score (nSPS) is 11.4. The zero-order valence-corrected chi connectivity index (χ0v) is 14.9. The van der Waals surface area contributed by atoms with Crippen LogP contribution in [0.25, 0.3) is 22.5 Å². The number of rotatable bonds is 5. The maximum Gasteiger partial charge on any atom is 0.288 e. The van der Waals surface area contributed by atoms with E-state index >= 15 is 0 Å². The van der Waals surface area contributed by atoms with E-state index in [9.17, 15) is 10.1 Å². The molecule has 0 saturated carbocycles. The van der Waals surface area contributed by atoms with Gasteiger partial charge >= 0.3 is 0 Å². The van der Waals surface area contributed by atoms with Gasteiger partial charge in [0.1, 0.15) is 15.8 Å². The fraction of sp³-hybridized carbons (Fsp3) is 0.0588. The summed E-state index contributed by atoms with van der Waals surface area (Å²) < 4.78 is 10.3. The van der Waals surface area contributed by atoms with Crippen LogP contribution in [0.4, 0.5) is 5.69 Å². The lowest BCUT2D eigenvalue weighted by molar-refractivity contribution is -0.384. The summed E-state index contributed by atoms with van der Waals surface area (Å²) in [6.07, 6.45) is 1.48. The molecule has 0 amide bonds. The van der Waals surface area contributed by atoms with E-state index < -0.39 is 4.92 Å². The van der Waals surface area contributed by atoms with Gasteiger partial charge in [-0.15, -0.1) is 0 Å². The summed E-state index contributed by atoms with van der Waals surface area (Å²) in [5, 5.41) is 15.0. The summed E-state index contributed by atoms with van der Waals surface area (Å²) in [6, 6.07) is 11.4. The number of hydrogen-bond donors (Lipinski definition) is 0. The number of aromatic nitrogens is 2. The molecule has 26 heavy (non-hydrogen) atoms. The Morgan fingerprint density at radius 1 is 1.27 bits per heavy atom. The van der Waals surface area contributed by atoms with Gasteiger partial charge in [0.05, 0.1) is 12.0 Å². The zero-order valence-electron chi connectivity index (χ0n) is 13.3. The highest BCUT2D eigenvalue weighted by molar-refractivity contribution is 6.50. The largest absolute Gasteiger partial charge is 0.497 e. The zero-order chi connectivity index (χ0) is 18.7. The van der Waals surface area contributed by atoms with Gasteiger partial charge in [0.25, 0.3) is 11.6 Å². The van der Waals surface area contributed by atoms with Crippen LogP contribution in [-0.4, -0.2) is 22.2 Å². The van der Waals surface area contributed by atoms with E-state index in [-0.39, 0.29) is 21.6 Å². The van der Waals surface area contributed by atoms with Gasteiger partial charge < -0.3 is 9.26 Å². The topological polar surface area (TPSA) is 91.3 Å². The molecule has 9 heteroatoms. The maximum absolute atomic E-state index is 11.0. The molecule has 0 spiro atoms. The van der Waals surface area contributed by atoms with E-state index in [0.717, 1.165) is 5.56 Å². The third-order valence-electron chi connectivity index (χ3n) is 3.44. The molecular weight excluding hydrogens is 381 g/mol. The first-order valence-corrected chi connectivity index (χ1v) is 8.03. The van der Waals surface area contributed by atoms with E-state index in [4.69, 9.17) is 32.5 Å². The van der Waals surface area contributed by atoms with Gasteiger partial charge in [-0.3, -0.25) is 10.1 Å². The molecule has 0 bridgehead atoms. The molecule has 132 valence electrons. The smallest absolute Gasteiger partial charge is 0.288 e. The SMILES string of the molecule is COc1ccc(-c2noc(/C(Cl)=C/c3ccc(Cl)c([N+](=O)[O-])c3)n2)cc1. The highest BCUT2D eigenvalue weighted by Gasteiger charge is 2.15. The van der Waals surface area contributed by atoms with Crippen LogP contribution in [0.1, 0.15) is 11.5 Å². The molecular formula is C17H11Cl2N3O4. The van der Waals surface area contributed by atoms with Gasteiger partial charge in [0.2, 0.25) is 5.82 Å². The van der Waals surface area contributed by atoms with E-state index in [0.29, 0.717) is 17.1 Å². The Balaban J connectivity index is 1.87. The number of nitrogens with zero attached hydrogens (tertiary/aromatic N) is 3. The van der Waals surface area contributed by atoms with Gasteiger partial charge in [0, 0.05) is 11.6 Å². The monoisotopic (exact) mass is 391 g/mol. The molecule has 1 aromatic heterocycles. The molecule has 0 aliphatic heterocycles. The second-order valence-corrected chi connectivity index (χ2v) is 5.93. The Morgan fingerprint density at radius 2 is 2.00 bits per heavy atom. The maximum atomic E-state index is 11.0. The summed E-state index contributed by atoms with van der Waals surface area (Å²) in [7, 11) is 1.58. The number of methoxy groups -OCH3 is 1. The average molecular weight is 392 g/mol. The number of halogens is 2. The van der Waals surface area contributed by atoms with Crippen molar-refractivity contribution in [1.82, 2.24) is 10.1 Å². The van der Waals surface area contributed by atoms with Crippen molar-refractivity contribution in [3.8, 4) is 17.1 Å². The predicted molar refractivity (Wildman–Crippen MR) is 98.1 cm³/mol. The van der Waals surface area contributed by atoms with Crippen molar-refractivity contribution in [1.29, 1.82) is 0 Å². The molecule has 0 atom stereocenters. The van der Waals surface area contributed by atoms with Gasteiger partial charge in [-0.1, -0.05) is 34.4 Å². The van der Waals surface area contributed by atoms with Crippen LogP contribution < -0.4 is 4.74 Å². The summed E-state index contributed by atoms with van der Waals surface area (Å²) in [6.45, 7) is 0. The number of ether oxygens (including phenoxy) is 1. The first kappa shape index (κ1) is 17.9. The van der Waals surface area contributed by atoms with E-state index in [1.807, 2.05) is 0 Å². The highest BCUT2D eigenvalue weighted by Crippen LogP contribution is 2.29. The van der Waals surface area contributed by atoms with Crippen molar-refractivity contribution in [2.75, 3.05) is 7.11 Å². The second kappa shape index (κ2) is 7.55. The molecule has 3 aromatic rings. The number of benzene rings is 2. The van der Waals surface area contributed by atoms with Crippen LogP contribution in [0.5, 0.6) is 5.75 Å². The Bertz CT molecular complexity index is 984. The van der Waals surface area contributed by atoms with Crippen molar-refractivity contribution in [3.05, 3.63) is 69.1 Å². The number of hydrogen-bond acceptors (Lipinski definition) is 6. The lowest BCUT2D eigenvalue weighted by atomic mass is 10.2. The van der Waals surface area contributed by atoms with Crippen molar-refractivity contribution in [2.24, 2.45) is 0 Å². The average Bonchev–Trinajstić information content (AvgIpc) is 3.13. The van der Waals surface area contributed by atoms with E-state index in [1.165, 1.54) is 18.2 Å². The molecule has 1 heterocycles. The van der Waals surface area contributed by atoms with Crippen LogP contribution >= 0.6 is 23.2 Å². The molecule has 0 N–H and O–H groups in total. The summed E-state index contributed by atoms with van der Waals surface area (Å²) >= 11 is 12.0. The summed E-state index contributed by atoms with van der Waals surface area (Å²) in [4.78, 5) is 14.6. The van der Waals surface area contributed by atoms with E-state index in [1.54, 1.807) is 37.4 Å². The first-order chi connectivity index (χ1) is 12.5. The lowest BCUT2D eigenvalue weighted by Gasteiger charge is -1.99. The summed E-state index contributed by atoms with van der Waals surface area (Å²) in [5.74, 6) is 1.16. The molecule has 0 saturated heterocycles. The molecule has 0 unspecified atom stereocenters. The molecule has 0 radical (unpaired) electrons. The fourth-order valence-electron chi connectivity index (χ4n) is 2.15. The highest BCUT2D eigenvalue weighted by atomic mass is 35.5. The van der Waals surface area contributed by atoms with E-state index in [2.05, 4.69) is 10.1 Å². The molecule has 0 aliphatic carbocycles. The minimum absolute atomic E-state index is 0.0443. The molecule has 3 rings (SSSR count).